The largest absolute Gasteiger partial charge is 0.352 e. The molecule has 8 heteroatoms. The predicted molar refractivity (Wildman–Crippen MR) is 96.2 cm³/mol. The minimum atomic E-state index is -0.105. The van der Waals surface area contributed by atoms with Crippen LogP contribution in [-0.2, 0) is 9.59 Å². The van der Waals surface area contributed by atoms with E-state index in [0.717, 1.165) is 32.4 Å². The highest BCUT2D eigenvalue weighted by atomic mass is 35.5. The van der Waals surface area contributed by atoms with Gasteiger partial charge in [0, 0.05) is 44.7 Å². The second-order valence-electron chi connectivity index (χ2n) is 6.39. The number of nitrogens with zero attached hydrogens (tertiary/aromatic N) is 2. The van der Waals surface area contributed by atoms with Gasteiger partial charge in [0.2, 0.25) is 11.8 Å². The second kappa shape index (κ2) is 10.3. The van der Waals surface area contributed by atoms with Crippen LogP contribution in [0, 0.1) is 0 Å². The first-order chi connectivity index (χ1) is 9.97. The van der Waals surface area contributed by atoms with Crippen LogP contribution < -0.4 is 11.1 Å². The summed E-state index contributed by atoms with van der Waals surface area (Å²) in [6.07, 6.45) is 3.48. The van der Waals surface area contributed by atoms with Gasteiger partial charge in [-0.3, -0.25) is 14.5 Å². The molecule has 2 unspecified atom stereocenters. The summed E-state index contributed by atoms with van der Waals surface area (Å²) < 4.78 is 0. The summed E-state index contributed by atoms with van der Waals surface area (Å²) in [6.45, 7) is 6.82. The van der Waals surface area contributed by atoms with Gasteiger partial charge in [0.15, 0.2) is 0 Å². The van der Waals surface area contributed by atoms with Crippen molar-refractivity contribution in [1.82, 2.24) is 15.1 Å². The summed E-state index contributed by atoms with van der Waals surface area (Å²) in [5.74, 6) is 0.302. The van der Waals surface area contributed by atoms with Crippen LogP contribution in [-0.4, -0.2) is 65.9 Å². The molecule has 2 rings (SSSR count). The van der Waals surface area contributed by atoms with Crippen LogP contribution in [0.25, 0.3) is 0 Å². The summed E-state index contributed by atoms with van der Waals surface area (Å²) in [7, 11) is 0. The number of hydrogen-bond acceptors (Lipinski definition) is 4. The number of rotatable bonds is 6. The maximum Gasteiger partial charge on any atom is 0.237 e. The molecule has 136 valence electrons. The highest BCUT2D eigenvalue weighted by Gasteiger charge is 2.30. The van der Waals surface area contributed by atoms with Gasteiger partial charge in [0.05, 0.1) is 6.04 Å². The Morgan fingerprint density at radius 1 is 1.13 bits per heavy atom. The van der Waals surface area contributed by atoms with Crippen LogP contribution in [0.3, 0.4) is 0 Å². The van der Waals surface area contributed by atoms with E-state index in [9.17, 15) is 9.59 Å². The monoisotopic (exact) mass is 368 g/mol. The first kappa shape index (κ1) is 22.4. The summed E-state index contributed by atoms with van der Waals surface area (Å²) in [5.41, 5.74) is 5.69. The van der Waals surface area contributed by atoms with Crippen LogP contribution in [0.2, 0.25) is 0 Å². The fraction of sp³-hybridized carbons (Fsp3) is 0.867. The van der Waals surface area contributed by atoms with E-state index in [-0.39, 0.29) is 48.7 Å². The molecule has 0 aromatic carbocycles. The van der Waals surface area contributed by atoms with Crippen molar-refractivity contribution < 1.29 is 9.59 Å². The molecule has 2 amide bonds. The molecule has 6 nitrogen and oxygen atoms in total. The smallest absolute Gasteiger partial charge is 0.237 e. The molecule has 0 radical (unpaired) electrons. The zero-order chi connectivity index (χ0) is 15.4. The Balaban J connectivity index is 0.00000242. The number of hydrogen-bond donors (Lipinski definition) is 2. The average molecular weight is 369 g/mol. The molecule has 3 N–H and O–H groups in total. The zero-order valence-electron chi connectivity index (χ0n) is 14.0. The third-order valence-electron chi connectivity index (χ3n) is 4.33. The molecule has 1 saturated heterocycles. The Bertz CT molecular complexity index is 384. The van der Waals surface area contributed by atoms with E-state index in [1.54, 1.807) is 0 Å². The van der Waals surface area contributed by atoms with E-state index < -0.39 is 0 Å². The van der Waals surface area contributed by atoms with Gasteiger partial charge in [0.25, 0.3) is 0 Å². The molecule has 0 aromatic rings. The number of nitrogens with two attached hydrogens (primary N) is 1. The molecule has 1 aliphatic carbocycles. The van der Waals surface area contributed by atoms with Gasteiger partial charge in [-0.25, -0.2) is 0 Å². The second-order valence-corrected chi connectivity index (χ2v) is 6.39. The van der Waals surface area contributed by atoms with Gasteiger partial charge < -0.3 is 16.0 Å². The standard InChI is InChI=1S/C15H28N4O2.2ClH/c1-11(16)3-6-14(20)19-9-7-18(8-10-19)12(2)15(21)17-13-4-5-13;;/h11-13H,3-10,16H2,1-2H3,(H,17,21);2*1H. The maximum atomic E-state index is 12.0. The lowest BCUT2D eigenvalue weighted by Gasteiger charge is -2.37. The quantitative estimate of drug-likeness (QED) is 0.725. The number of carbonyl (C=O) groups excluding carboxylic acids is 2. The van der Waals surface area contributed by atoms with Gasteiger partial charge >= 0.3 is 0 Å². The van der Waals surface area contributed by atoms with Crippen molar-refractivity contribution >= 4 is 36.6 Å². The molecule has 1 saturated carbocycles. The van der Waals surface area contributed by atoms with E-state index in [4.69, 9.17) is 5.73 Å². The summed E-state index contributed by atoms with van der Waals surface area (Å²) >= 11 is 0. The Hall–Kier alpha value is -0.560. The number of piperazine rings is 1. The van der Waals surface area contributed by atoms with Gasteiger partial charge in [-0.15, -0.1) is 24.8 Å². The SMILES string of the molecule is CC(N)CCC(=O)N1CCN(C(C)C(=O)NC2CC2)CC1.Cl.Cl. The predicted octanol–water partition coefficient (Wildman–Crippen LogP) is 0.769. The molecule has 2 aliphatic rings. The fourth-order valence-electron chi connectivity index (χ4n) is 2.58. The molecule has 2 fully saturated rings. The molecular formula is C15H30Cl2N4O2. The van der Waals surface area contributed by atoms with Gasteiger partial charge in [-0.05, 0) is 33.1 Å². The van der Waals surface area contributed by atoms with Crippen molar-refractivity contribution in [3.8, 4) is 0 Å². The van der Waals surface area contributed by atoms with Crippen molar-refractivity contribution in [2.24, 2.45) is 5.73 Å². The first-order valence-corrected chi connectivity index (χ1v) is 8.05. The third kappa shape index (κ3) is 7.25. The van der Waals surface area contributed by atoms with Crippen LogP contribution in [0.15, 0.2) is 0 Å². The molecule has 0 spiro atoms. The van der Waals surface area contributed by atoms with E-state index >= 15 is 0 Å². The van der Waals surface area contributed by atoms with E-state index in [2.05, 4.69) is 10.2 Å². The number of carbonyl (C=O) groups is 2. The van der Waals surface area contributed by atoms with Crippen LogP contribution in [0.1, 0.15) is 39.5 Å². The molecular weight excluding hydrogens is 339 g/mol. The lowest BCUT2D eigenvalue weighted by molar-refractivity contribution is -0.134. The van der Waals surface area contributed by atoms with Crippen LogP contribution >= 0.6 is 24.8 Å². The summed E-state index contributed by atoms with van der Waals surface area (Å²) in [6, 6.07) is 0.370. The molecule has 1 aliphatic heterocycles. The van der Waals surface area contributed by atoms with E-state index in [1.807, 2.05) is 18.7 Å². The van der Waals surface area contributed by atoms with E-state index in [1.165, 1.54) is 0 Å². The maximum absolute atomic E-state index is 12.0. The highest BCUT2D eigenvalue weighted by molar-refractivity contribution is 5.85. The van der Waals surface area contributed by atoms with Crippen LogP contribution in [0.5, 0.6) is 0 Å². The van der Waals surface area contributed by atoms with E-state index in [0.29, 0.717) is 25.6 Å². The summed E-state index contributed by atoms with van der Waals surface area (Å²) in [4.78, 5) is 28.1. The first-order valence-electron chi connectivity index (χ1n) is 8.05. The molecule has 23 heavy (non-hydrogen) atoms. The highest BCUT2D eigenvalue weighted by Crippen LogP contribution is 2.19. The molecule has 2 atom stereocenters. The Labute approximate surface area is 151 Å². The Morgan fingerprint density at radius 2 is 1.70 bits per heavy atom. The Morgan fingerprint density at radius 3 is 2.17 bits per heavy atom. The minimum absolute atomic E-state index is 0. The van der Waals surface area contributed by atoms with Crippen molar-refractivity contribution in [3.05, 3.63) is 0 Å². The minimum Gasteiger partial charge on any atom is -0.352 e. The van der Waals surface area contributed by atoms with Crippen molar-refractivity contribution in [1.29, 1.82) is 0 Å². The lowest BCUT2D eigenvalue weighted by Crippen LogP contribution is -2.55. The fourth-order valence-corrected chi connectivity index (χ4v) is 2.58. The van der Waals surface area contributed by atoms with Crippen LogP contribution in [0.4, 0.5) is 0 Å². The zero-order valence-corrected chi connectivity index (χ0v) is 15.6. The third-order valence-corrected chi connectivity index (χ3v) is 4.33. The average Bonchev–Trinajstić information content (AvgIpc) is 3.28. The Kier molecular flexibility index (Phi) is 10.1. The number of amides is 2. The van der Waals surface area contributed by atoms with Gasteiger partial charge in [-0.2, -0.15) is 0 Å². The molecule has 1 heterocycles. The normalized spacial score (nSPS) is 20.7. The van der Waals surface area contributed by atoms with Crippen molar-refractivity contribution in [2.45, 2.75) is 57.7 Å². The van der Waals surface area contributed by atoms with Gasteiger partial charge in [-0.1, -0.05) is 0 Å². The van der Waals surface area contributed by atoms with Gasteiger partial charge in [0.1, 0.15) is 0 Å². The summed E-state index contributed by atoms with van der Waals surface area (Å²) in [5, 5.41) is 3.04. The molecule has 0 aromatic heterocycles. The molecule has 0 bridgehead atoms. The lowest BCUT2D eigenvalue weighted by atomic mass is 10.1. The van der Waals surface area contributed by atoms with Crippen molar-refractivity contribution in [2.75, 3.05) is 26.2 Å². The topological polar surface area (TPSA) is 78.7 Å². The number of halogens is 2. The number of nitrogens with one attached hydrogen (secondary N) is 1. The van der Waals surface area contributed by atoms with Crippen molar-refractivity contribution in [3.63, 3.8) is 0 Å².